The van der Waals surface area contributed by atoms with Crippen LogP contribution in [0.5, 0.6) is 0 Å². The van der Waals surface area contributed by atoms with E-state index in [0.717, 1.165) is 24.2 Å². The maximum absolute atomic E-state index is 4.75. The lowest BCUT2D eigenvalue weighted by molar-refractivity contribution is 0.363. The Morgan fingerprint density at radius 1 is 1.28 bits per heavy atom. The monoisotopic (exact) mass is 247 g/mol. The summed E-state index contributed by atoms with van der Waals surface area (Å²) >= 11 is 0. The molecule has 0 aliphatic carbocycles. The minimum absolute atomic E-state index is 0.512. The molecule has 0 radical (unpaired) electrons. The molecule has 2 aromatic rings. The van der Waals surface area contributed by atoms with Crippen molar-refractivity contribution in [2.24, 2.45) is 7.05 Å². The minimum Gasteiger partial charge on any atom is -0.367 e. The van der Waals surface area contributed by atoms with E-state index in [1.54, 1.807) is 0 Å². The highest BCUT2D eigenvalue weighted by molar-refractivity contribution is 5.90. The molecule has 1 N–H and O–H groups in total. The van der Waals surface area contributed by atoms with E-state index in [9.17, 15) is 0 Å². The van der Waals surface area contributed by atoms with Gasteiger partial charge in [0.2, 0.25) is 0 Å². The van der Waals surface area contributed by atoms with E-state index in [4.69, 9.17) is 5.10 Å². The van der Waals surface area contributed by atoms with E-state index in [-0.39, 0.29) is 0 Å². The summed E-state index contributed by atoms with van der Waals surface area (Å²) in [6, 6.07) is 1.07. The summed E-state index contributed by atoms with van der Waals surface area (Å²) in [7, 11) is 1.96. The highest BCUT2D eigenvalue weighted by Crippen LogP contribution is 2.36. The second-order valence-electron chi connectivity index (χ2n) is 5.25. The fraction of sp³-hybridized carbons (Fsp3) is 0.692. The van der Waals surface area contributed by atoms with E-state index in [1.807, 2.05) is 11.7 Å². The SMILES string of the molecule is CCC1CC(CC)n2nc3c(c(C)nn3C)c2N1. The van der Waals surface area contributed by atoms with Gasteiger partial charge in [0.1, 0.15) is 5.82 Å². The summed E-state index contributed by atoms with van der Waals surface area (Å²) in [6.45, 7) is 6.54. The average molecular weight is 247 g/mol. The van der Waals surface area contributed by atoms with Crippen LogP contribution in [0.1, 0.15) is 44.8 Å². The van der Waals surface area contributed by atoms with Crippen molar-refractivity contribution in [3.05, 3.63) is 5.69 Å². The smallest absolute Gasteiger partial charge is 0.182 e. The van der Waals surface area contributed by atoms with Gasteiger partial charge in [0.15, 0.2) is 5.65 Å². The first-order valence-electron chi connectivity index (χ1n) is 6.84. The number of nitrogens with one attached hydrogen (secondary N) is 1. The van der Waals surface area contributed by atoms with Crippen LogP contribution in [0.2, 0.25) is 0 Å². The maximum Gasteiger partial charge on any atom is 0.182 e. The Morgan fingerprint density at radius 3 is 2.72 bits per heavy atom. The molecule has 0 spiro atoms. The lowest BCUT2D eigenvalue weighted by atomic mass is 10.0. The molecule has 0 aromatic carbocycles. The number of hydrogen-bond donors (Lipinski definition) is 1. The third-order valence-corrected chi connectivity index (χ3v) is 4.07. The molecule has 0 bridgehead atoms. The van der Waals surface area contributed by atoms with Crippen molar-refractivity contribution < 1.29 is 0 Å². The number of aryl methyl sites for hydroxylation is 2. The molecule has 2 aromatic heterocycles. The van der Waals surface area contributed by atoms with Crippen LogP contribution in [-0.2, 0) is 7.05 Å². The Morgan fingerprint density at radius 2 is 2.06 bits per heavy atom. The highest BCUT2D eigenvalue weighted by atomic mass is 15.4. The van der Waals surface area contributed by atoms with Crippen molar-refractivity contribution in [1.82, 2.24) is 19.6 Å². The minimum atomic E-state index is 0.512. The van der Waals surface area contributed by atoms with Crippen LogP contribution in [-0.4, -0.2) is 25.6 Å². The zero-order chi connectivity index (χ0) is 12.9. The molecule has 1 aliphatic heterocycles. The van der Waals surface area contributed by atoms with Crippen molar-refractivity contribution in [1.29, 1.82) is 0 Å². The molecule has 18 heavy (non-hydrogen) atoms. The second kappa shape index (κ2) is 4.00. The maximum atomic E-state index is 4.75. The van der Waals surface area contributed by atoms with Gasteiger partial charge in [0.25, 0.3) is 0 Å². The molecular weight excluding hydrogens is 226 g/mol. The molecule has 0 fully saturated rings. The van der Waals surface area contributed by atoms with Crippen LogP contribution >= 0.6 is 0 Å². The van der Waals surface area contributed by atoms with E-state index < -0.39 is 0 Å². The molecule has 3 heterocycles. The number of anilines is 1. The van der Waals surface area contributed by atoms with Crippen molar-refractivity contribution in [2.75, 3.05) is 5.32 Å². The number of nitrogens with zero attached hydrogens (tertiary/aromatic N) is 4. The summed E-state index contributed by atoms with van der Waals surface area (Å²) in [4.78, 5) is 0. The summed E-state index contributed by atoms with van der Waals surface area (Å²) in [5.41, 5.74) is 2.05. The zero-order valence-corrected chi connectivity index (χ0v) is 11.6. The number of aromatic nitrogens is 4. The lowest BCUT2D eigenvalue weighted by Gasteiger charge is -2.31. The van der Waals surface area contributed by atoms with Gasteiger partial charge in [-0.3, -0.25) is 0 Å². The van der Waals surface area contributed by atoms with E-state index >= 15 is 0 Å². The first-order valence-corrected chi connectivity index (χ1v) is 6.84. The van der Waals surface area contributed by atoms with Gasteiger partial charge in [0.05, 0.1) is 17.1 Å². The summed E-state index contributed by atoms with van der Waals surface area (Å²) in [6.07, 6.45) is 3.45. The Hall–Kier alpha value is -1.52. The van der Waals surface area contributed by atoms with Gasteiger partial charge >= 0.3 is 0 Å². The molecule has 5 heteroatoms. The van der Waals surface area contributed by atoms with E-state index in [2.05, 4.69) is 35.9 Å². The first kappa shape index (κ1) is 11.6. The first-order chi connectivity index (χ1) is 8.65. The molecule has 2 unspecified atom stereocenters. The standard InChI is InChI=1S/C13H21N5/c1-5-9-7-10(6-2)18-12(14-9)11-8(3)15-17(4)13(11)16-18/h9-10,14H,5-7H2,1-4H3. The second-order valence-corrected chi connectivity index (χ2v) is 5.25. The molecule has 5 nitrogen and oxygen atoms in total. The normalized spacial score (nSPS) is 23.1. The lowest BCUT2D eigenvalue weighted by Crippen LogP contribution is -2.31. The zero-order valence-electron chi connectivity index (χ0n) is 11.6. The summed E-state index contributed by atoms with van der Waals surface area (Å²) in [5, 5.41) is 14.0. The van der Waals surface area contributed by atoms with Crippen LogP contribution in [0.15, 0.2) is 0 Å². The predicted octanol–water partition coefficient (Wildman–Crippen LogP) is 2.62. The predicted molar refractivity (Wildman–Crippen MR) is 72.9 cm³/mol. The van der Waals surface area contributed by atoms with Gasteiger partial charge in [-0.1, -0.05) is 13.8 Å². The van der Waals surface area contributed by atoms with Crippen LogP contribution in [0.4, 0.5) is 5.82 Å². The Balaban J connectivity index is 2.21. The fourth-order valence-electron chi connectivity index (χ4n) is 3.00. The molecule has 0 saturated carbocycles. The number of fused-ring (bicyclic) bond motifs is 3. The molecule has 0 saturated heterocycles. The van der Waals surface area contributed by atoms with Gasteiger partial charge in [0, 0.05) is 13.1 Å². The van der Waals surface area contributed by atoms with Gasteiger partial charge in [-0.15, -0.1) is 0 Å². The van der Waals surface area contributed by atoms with Crippen molar-refractivity contribution >= 4 is 16.9 Å². The van der Waals surface area contributed by atoms with Gasteiger partial charge < -0.3 is 5.32 Å². The van der Waals surface area contributed by atoms with Gasteiger partial charge in [-0.25, -0.2) is 9.36 Å². The van der Waals surface area contributed by atoms with E-state index in [0.29, 0.717) is 12.1 Å². The van der Waals surface area contributed by atoms with Crippen LogP contribution in [0.3, 0.4) is 0 Å². The van der Waals surface area contributed by atoms with Crippen molar-refractivity contribution in [3.63, 3.8) is 0 Å². The topological polar surface area (TPSA) is 47.7 Å². The number of hydrogen-bond acceptors (Lipinski definition) is 3. The molecule has 1 aliphatic rings. The van der Waals surface area contributed by atoms with Crippen LogP contribution in [0.25, 0.3) is 11.0 Å². The molecular formula is C13H21N5. The Bertz CT molecular complexity index is 580. The molecule has 3 rings (SSSR count). The fourth-order valence-corrected chi connectivity index (χ4v) is 3.00. The number of rotatable bonds is 2. The van der Waals surface area contributed by atoms with Gasteiger partial charge in [-0.05, 0) is 26.2 Å². The highest BCUT2D eigenvalue weighted by Gasteiger charge is 2.29. The van der Waals surface area contributed by atoms with Crippen molar-refractivity contribution in [2.45, 2.75) is 52.1 Å². The molecule has 0 amide bonds. The average Bonchev–Trinajstić information content (AvgIpc) is 2.87. The third kappa shape index (κ3) is 1.46. The summed E-state index contributed by atoms with van der Waals surface area (Å²) in [5.74, 6) is 1.17. The molecule has 2 atom stereocenters. The van der Waals surface area contributed by atoms with Crippen LogP contribution in [0, 0.1) is 6.92 Å². The van der Waals surface area contributed by atoms with E-state index in [1.165, 1.54) is 17.6 Å². The summed E-state index contributed by atoms with van der Waals surface area (Å²) < 4.78 is 4.05. The van der Waals surface area contributed by atoms with Crippen molar-refractivity contribution in [3.8, 4) is 0 Å². The largest absolute Gasteiger partial charge is 0.367 e. The van der Waals surface area contributed by atoms with Gasteiger partial charge in [-0.2, -0.15) is 10.2 Å². The Kier molecular flexibility index (Phi) is 2.57. The third-order valence-electron chi connectivity index (χ3n) is 4.07. The van der Waals surface area contributed by atoms with Crippen LogP contribution < -0.4 is 5.32 Å². The molecule has 98 valence electrons. The quantitative estimate of drug-likeness (QED) is 0.887. The Labute approximate surface area is 107 Å².